The molecule has 0 saturated heterocycles. The van der Waals surface area contributed by atoms with Gasteiger partial charge in [0.2, 0.25) is 0 Å². The SMILES string of the molecule is CC(C12CC3CC(CC(C3)C1)C2)[N+](C)(C)C.CC1C2CC([C@H](S(=O)(=O)[O-])C2=O)C1(C)C. The van der Waals surface area contributed by atoms with Crippen LogP contribution in [0.2, 0.25) is 0 Å². The lowest BCUT2D eigenvalue weighted by Gasteiger charge is -2.60. The quantitative estimate of drug-likeness (QED) is 0.477. The summed E-state index contributed by atoms with van der Waals surface area (Å²) in [5.41, 5.74) is 0.494. The molecule has 4 unspecified atom stereocenters. The maximum Gasteiger partial charge on any atom is 0.153 e. The van der Waals surface area contributed by atoms with Crippen LogP contribution in [-0.4, -0.2) is 55.7 Å². The fraction of sp³-hybridized carbons (Fsp3) is 0.960. The molecule has 6 aliphatic rings. The second-order valence-electron chi connectivity index (χ2n) is 13.4. The van der Waals surface area contributed by atoms with Gasteiger partial charge in [0.1, 0.15) is 15.4 Å². The predicted molar refractivity (Wildman–Crippen MR) is 121 cm³/mol. The Morgan fingerprint density at radius 2 is 1.42 bits per heavy atom. The summed E-state index contributed by atoms with van der Waals surface area (Å²) in [5, 5.41) is -1.28. The van der Waals surface area contributed by atoms with Gasteiger partial charge in [0.15, 0.2) is 5.78 Å². The van der Waals surface area contributed by atoms with Crippen LogP contribution in [0.3, 0.4) is 0 Å². The molecule has 0 aromatic heterocycles. The smallest absolute Gasteiger partial charge is 0.153 e. The molecule has 6 rings (SSSR count). The van der Waals surface area contributed by atoms with E-state index in [1.165, 1.54) is 0 Å². The van der Waals surface area contributed by atoms with Crippen molar-refractivity contribution in [2.45, 2.75) is 83.9 Å². The molecule has 0 aromatic rings. The number of hydrogen-bond acceptors (Lipinski definition) is 4. The average molecular weight is 454 g/mol. The molecule has 178 valence electrons. The molecular weight excluding hydrogens is 410 g/mol. The highest BCUT2D eigenvalue weighted by Crippen LogP contribution is 2.62. The number of Topliss-reactive ketones (excluding diaryl/α,β-unsaturated/α-hetero) is 1. The largest absolute Gasteiger partial charge is 0.747 e. The summed E-state index contributed by atoms with van der Waals surface area (Å²) >= 11 is 0. The van der Waals surface area contributed by atoms with Gasteiger partial charge in [-0.15, -0.1) is 0 Å². The molecule has 6 heteroatoms. The van der Waals surface area contributed by atoms with Gasteiger partial charge in [0, 0.05) is 11.3 Å². The molecule has 6 bridgehead atoms. The van der Waals surface area contributed by atoms with Crippen molar-refractivity contribution < 1.29 is 22.2 Å². The Hall–Kier alpha value is -0.460. The van der Waals surface area contributed by atoms with E-state index in [0.29, 0.717) is 11.8 Å². The Morgan fingerprint density at radius 3 is 1.77 bits per heavy atom. The molecule has 6 aliphatic carbocycles. The summed E-state index contributed by atoms with van der Waals surface area (Å²) in [6, 6.07) is 0.848. The van der Waals surface area contributed by atoms with E-state index in [1.807, 2.05) is 20.8 Å². The molecule has 0 amide bonds. The summed E-state index contributed by atoms with van der Waals surface area (Å²) < 4.78 is 34.3. The van der Waals surface area contributed by atoms with Crippen LogP contribution >= 0.6 is 0 Å². The van der Waals surface area contributed by atoms with E-state index in [0.717, 1.165) is 28.3 Å². The summed E-state index contributed by atoms with van der Waals surface area (Å²) in [5.74, 6) is 2.61. The van der Waals surface area contributed by atoms with Gasteiger partial charge < -0.3 is 9.04 Å². The van der Waals surface area contributed by atoms with Crippen molar-refractivity contribution in [3.63, 3.8) is 0 Å². The van der Waals surface area contributed by atoms with Crippen molar-refractivity contribution in [3.8, 4) is 0 Å². The van der Waals surface area contributed by atoms with Crippen LogP contribution < -0.4 is 0 Å². The minimum atomic E-state index is -4.48. The first kappa shape index (κ1) is 23.7. The number of carbonyl (C=O) groups is 1. The first-order valence-electron chi connectivity index (χ1n) is 12.4. The number of carbonyl (C=O) groups excluding carboxylic acids is 1. The lowest BCUT2D eigenvalue weighted by Crippen LogP contribution is -2.59. The van der Waals surface area contributed by atoms with Gasteiger partial charge in [-0.25, -0.2) is 8.42 Å². The Balaban J connectivity index is 0.000000150. The predicted octanol–water partition coefficient (Wildman–Crippen LogP) is 4.08. The van der Waals surface area contributed by atoms with E-state index < -0.39 is 15.4 Å². The number of fused-ring (bicyclic) bond motifs is 2. The highest BCUT2D eigenvalue weighted by molar-refractivity contribution is 7.87. The van der Waals surface area contributed by atoms with Crippen LogP contribution in [-0.2, 0) is 14.9 Å². The fourth-order valence-electron chi connectivity index (χ4n) is 8.78. The second-order valence-corrected chi connectivity index (χ2v) is 14.9. The molecular formula is C25H43NO4S. The van der Waals surface area contributed by atoms with Crippen LogP contribution in [0.5, 0.6) is 0 Å². The molecule has 0 N–H and O–H groups in total. The zero-order valence-electron chi connectivity index (χ0n) is 20.6. The molecule has 0 spiro atoms. The minimum Gasteiger partial charge on any atom is -0.747 e. The summed E-state index contributed by atoms with van der Waals surface area (Å²) in [4.78, 5) is 11.7. The molecule has 0 aromatic carbocycles. The van der Waals surface area contributed by atoms with Gasteiger partial charge in [0.25, 0.3) is 0 Å². The monoisotopic (exact) mass is 453 g/mol. The number of nitrogens with zero attached hydrogens (tertiary/aromatic N) is 1. The number of ketones is 1. The summed E-state index contributed by atoms with van der Waals surface area (Å²) in [6.45, 7) is 8.39. The van der Waals surface area contributed by atoms with E-state index in [1.54, 1.807) is 38.5 Å². The van der Waals surface area contributed by atoms with Gasteiger partial charge in [-0.1, -0.05) is 20.8 Å². The third kappa shape index (κ3) is 3.82. The van der Waals surface area contributed by atoms with Crippen LogP contribution in [0, 0.1) is 46.3 Å². The molecule has 0 heterocycles. The van der Waals surface area contributed by atoms with Gasteiger partial charge in [-0.2, -0.15) is 0 Å². The Morgan fingerprint density at radius 1 is 0.968 bits per heavy atom. The normalized spacial score (nSPS) is 46.1. The van der Waals surface area contributed by atoms with E-state index in [4.69, 9.17) is 0 Å². The molecule has 6 saturated carbocycles. The summed E-state index contributed by atoms with van der Waals surface area (Å²) in [6.07, 6.45) is 9.94. The van der Waals surface area contributed by atoms with Gasteiger partial charge >= 0.3 is 0 Å². The Kier molecular flexibility index (Phi) is 5.55. The zero-order chi connectivity index (χ0) is 23.1. The van der Waals surface area contributed by atoms with Crippen molar-refractivity contribution in [1.82, 2.24) is 0 Å². The number of rotatable bonds is 3. The lowest BCUT2D eigenvalue weighted by atomic mass is 9.47. The molecule has 0 aliphatic heterocycles. The zero-order valence-corrected chi connectivity index (χ0v) is 21.4. The number of hydrogen-bond donors (Lipinski definition) is 0. The maximum absolute atomic E-state index is 11.7. The van der Waals surface area contributed by atoms with Crippen molar-refractivity contribution in [3.05, 3.63) is 0 Å². The van der Waals surface area contributed by atoms with E-state index in [9.17, 15) is 17.8 Å². The average Bonchev–Trinajstić information content (AvgIpc) is 3.06. The van der Waals surface area contributed by atoms with E-state index >= 15 is 0 Å². The Bertz CT molecular complexity index is 805. The van der Waals surface area contributed by atoms with Crippen molar-refractivity contribution in [2.24, 2.45) is 46.3 Å². The van der Waals surface area contributed by atoms with Crippen LogP contribution in [0.15, 0.2) is 0 Å². The van der Waals surface area contributed by atoms with Crippen molar-refractivity contribution >= 4 is 15.9 Å². The minimum absolute atomic E-state index is 0.174. The molecule has 5 atom stereocenters. The van der Waals surface area contributed by atoms with Crippen LogP contribution in [0.25, 0.3) is 0 Å². The molecule has 6 fully saturated rings. The number of quaternary nitrogens is 1. The van der Waals surface area contributed by atoms with Crippen LogP contribution in [0.4, 0.5) is 0 Å². The first-order valence-corrected chi connectivity index (χ1v) is 13.8. The topological polar surface area (TPSA) is 74.3 Å². The fourth-order valence-corrected chi connectivity index (χ4v) is 10.1. The van der Waals surface area contributed by atoms with Gasteiger partial charge in [-0.05, 0) is 86.9 Å². The Labute approximate surface area is 189 Å². The molecule has 5 nitrogen and oxygen atoms in total. The van der Waals surface area contributed by atoms with E-state index in [2.05, 4.69) is 28.1 Å². The third-order valence-corrected chi connectivity index (χ3v) is 11.9. The molecule has 0 radical (unpaired) electrons. The maximum atomic E-state index is 11.7. The summed E-state index contributed by atoms with van der Waals surface area (Å²) in [7, 11) is 2.70. The third-order valence-electron chi connectivity index (χ3n) is 10.7. The first-order chi connectivity index (χ1) is 14.1. The highest BCUT2D eigenvalue weighted by Gasteiger charge is 2.62. The van der Waals surface area contributed by atoms with Gasteiger partial charge in [-0.3, -0.25) is 4.79 Å². The van der Waals surface area contributed by atoms with Crippen molar-refractivity contribution in [1.29, 1.82) is 0 Å². The standard InChI is InChI=1S/C15H28N.C10H16O4S/c1-11(16(2,3)4)15-8-12-5-13(9-15)7-14(6-12)10-15;1-5-6-4-7(10(5,2)3)9(8(6)11)15(12,13)14/h11-14H,5-10H2,1-4H3;5-7,9H,4H2,1-3H3,(H,12,13,14)/q+1;/p-1/t;5?,6?,7?,9-/m.0/s1. The molecule has 31 heavy (non-hydrogen) atoms. The van der Waals surface area contributed by atoms with Gasteiger partial charge in [0.05, 0.1) is 27.2 Å². The highest BCUT2D eigenvalue weighted by atomic mass is 32.2. The van der Waals surface area contributed by atoms with Crippen molar-refractivity contribution in [2.75, 3.05) is 21.1 Å². The van der Waals surface area contributed by atoms with E-state index in [-0.39, 0.29) is 29.0 Å². The second kappa shape index (κ2) is 7.27. The lowest BCUT2D eigenvalue weighted by molar-refractivity contribution is -0.903. The van der Waals surface area contributed by atoms with Crippen LogP contribution in [0.1, 0.15) is 72.6 Å².